The van der Waals surface area contributed by atoms with Gasteiger partial charge in [0.1, 0.15) is 0 Å². The van der Waals surface area contributed by atoms with Crippen molar-refractivity contribution in [2.45, 2.75) is 13.0 Å². The van der Waals surface area contributed by atoms with Crippen LogP contribution in [0.2, 0.25) is 0 Å². The molecule has 0 aromatic heterocycles. The van der Waals surface area contributed by atoms with Crippen molar-refractivity contribution in [1.29, 1.82) is 0 Å². The van der Waals surface area contributed by atoms with Gasteiger partial charge < -0.3 is 20.9 Å². The van der Waals surface area contributed by atoms with Gasteiger partial charge in [0, 0.05) is 5.56 Å². The van der Waals surface area contributed by atoms with Crippen molar-refractivity contribution in [2.75, 3.05) is 18.6 Å². The lowest BCUT2D eigenvalue weighted by Crippen LogP contribution is -2.12. The maximum atomic E-state index is 12.2. The molecule has 0 aliphatic rings. The van der Waals surface area contributed by atoms with Crippen molar-refractivity contribution in [1.82, 2.24) is 0 Å². The fourth-order valence-electron chi connectivity index (χ4n) is 1.26. The monoisotopic (exact) mass is 246 g/mol. The van der Waals surface area contributed by atoms with Crippen molar-refractivity contribution in [3.05, 3.63) is 17.7 Å². The van der Waals surface area contributed by atoms with E-state index in [-0.39, 0.29) is 29.1 Å². The van der Waals surface area contributed by atoms with Crippen LogP contribution >= 0.6 is 0 Å². The van der Waals surface area contributed by atoms with Crippen molar-refractivity contribution in [2.24, 2.45) is 0 Å². The fraction of sp³-hybridized carbons (Fsp3) is 0.300. The van der Waals surface area contributed by atoms with Gasteiger partial charge in [0.25, 0.3) is 0 Å². The number of esters is 1. The minimum Gasteiger partial charge on any atom is -0.469 e. The number of benzene rings is 1. The number of rotatable bonds is 4. The molecule has 0 amide bonds. The lowest BCUT2D eigenvalue weighted by molar-refractivity contribution is -0.139. The maximum Gasteiger partial charge on any atom is 0.387 e. The molecule has 1 aromatic rings. The Labute approximate surface area is 96.3 Å². The first kappa shape index (κ1) is 13.0. The summed E-state index contributed by atoms with van der Waals surface area (Å²) in [5.74, 6) is -0.876. The summed E-state index contributed by atoms with van der Waals surface area (Å²) in [6, 6.07) is 2.80. The van der Waals surface area contributed by atoms with E-state index >= 15 is 0 Å². The molecule has 0 radical (unpaired) electrons. The second-order valence-electron chi connectivity index (χ2n) is 3.19. The van der Waals surface area contributed by atoms with Gasteiger partial charge in [-0.2, -0.15) is 8.78 Å². The standard InChI is InChI=1S/C10H12F2N2O3/c1-16-7(15)4-5-2-3-6(13)8(14)9(5)17-10(11)12/h2-3,10H,4,13-14H2,1H3. The molecular weight excluding hydrogens is 234 g/mol. The van der Waals surface area contributed by atoms with Gasteiger partial charge in [-0.3, -0.25) is 4.79 Å². The molecule has 0 heterocycles. The summed E-state index contributed by atoms with van der Waals surface area (Å²) in [5.41, 5.74) is 11.2. The SMILES string of the molecule is COC(=O)Cc1ccc(N)c(N)c1OC(F)F. The summed E-state index contributed by atoms with van der Waals surface area (Å²) >= 11 is 0. The second kappa shape index (κ2) is 5.33. The van der Waals surface area contributed by atoms with Crippen LogP contribution in [0.25, 0.3) is 0 Å². The van der Waals surface area contributed by atoms with Crippen molar-refractivity contribution in [3.63, 3.8) is 0 Å². The van der Waals surface area contributed by atoms with Crippen LogP contribution in [0.4, 0.5) is 20.2 Å². The van der Waals surface area contributed by atoms with E-state index < -0.39 is 12.6 Å². The van der Waals surface area contributed by atoms with Gasteiger partial charge in [0.05, 0.1) is 24.9 Å². The highest BCUT2D eigenvalue weighted by Crippen LogP contribution is 2.33. The van der Waals surface area contributed by atoms with Crippen LogP contribution in [0.3, 0.4) is 0 Å². The quantitative estimate of drug-likeness (QED) is 0.615. The summed E-state index contributed by atoms with van der Waals surface area (Å²) in [6.07, 6.45) is -0.219. The first-order valence-electron chi connectivity index (χ1n) is 4.64. The Morgan fingerprint density at radius 2 is 2.06 bits per heavy atom. The van der Waals surface area contributed by atoms with Crippen molar-refractivity contribution < 1.29 is 23.0 Å². The Morgan fingerprint density at radius 3 is 2.59 bits per heavy atom. The number of carbonyl (C=O) groups is 1. The number of nitrogen functional groups attached to an aromatic ring is 2. The highest BCUT2D eigenvalue weighted by Gasteiger charge is 2.17. The molecule has 1 aromatic carbocycles. The number of alkyl halides is 2. The van der Waals surface area contributed by atoms with E-state index in [2.05, 4.69) is 9.47 Å². The molecule has 0 fully saturated rings. The Morgan fingerprint density at radius 1 is 1.41 bits per heavy atom. The molecule has 0 saturated carbocycles. The average Bonchev–Trinajstić information content (AvgIpc) is 2.28. The molecule has 0 aliphatic carbocycles. The van der Waals surface area contributed by atoms with E-state index in [0.717, 1.165) is 0 Å². The van der Waals surface area contributed by atoms with Gasteiger partial charge in [-0.1, -0.05) is 6.07 Å². The number of ether oxygens (including phenoxy) is 2. The Hall–Kier alpha value is -2.05. The summed E-state index contributed by atoms with van der Waals surface area (Å²) in [6.45, 7) is -3.05. The Bertz CT molecular complexity index is 424. The summed E-state index contributed by atoms with van der Waals surface area (Å²) in [7, 11) is 1.19. The zero-order valence-electron chi connectivity index (χ0n) is 9.07. The van der Waals surface area contributed by atoms with E-state index in [1.54, 1.807) is 0 Å². The van der Waals surface area contributed by atoms with Gasteiger partial charge in [0.2, 0.25) is 0 Å². The van der Waals surface area contributed by atoms with Crippen LogP contribution in [-0.2, 0) is 16.0 Å². The minimum absolute atomic E-state index is 0.106. The number of hydrogen-bond donors (Lipinski definition) is 2. The molecule has 0 atom stereocenters. The van der Waals surface area contributed by atoms with Crippen LogP contribution < -0.4 is 16.2 Å². The molecule has 0 spiro atoms. The first-order valence-corrected chi connectivity index (χ1v) is 4.64. The van der Waals surface area contributed by atoms with Crippen LogP contribution in [0.15, 0.2) is 12.1 Å². The van der Waals surface area contributed by atoms with Crippen molar-refractivity contribution in [3.8, 4) is 5.75 Å². The number of halogens is 2. The first-order chi connectivity index (χ1) is 7.95. The molecule has 1 rings (SSSR count). The molecule has 0 unspecified atom stereocenters. The maximum absolute atomic E-state index is 12.2. The molecular formula is C10H12F2N2O3. The predicted molar refractivity (Wildman–Crippen MR) is 57.6 cm³/mol. The normalized spacial score (nSPS) is 10.4. The van der Waals surface area contributed by atoms with Crippen LogP contribution in [0, 0.1) is 0 Å². The van der Waals surface area contributed by atoms with Gasteiger partial charge >= 0.3 is 12.6 Å². The topological polar surface area (TPSA) is 87.6 Å². The molecule has 0 aliphatic heterocycles. The molecule has 5 nitrogen and oxygen atoms in total. The van der Waals surface area contributed by atoms with Gasteiger partial charge in [0.15, 0.2) is 5.75 Å². The van der Waals surface area contributed by atoms with E-state index in [9.17, 15) is 13.6 Å². The molecule has 0 bridgehead atoms. The van der Waals surface area contributed by atoms with Crippen LogP contribution in [0.5, 0.6) is 5.75 Å². The number of methoxy groups -OCH3 is 1. The number of hydrogen-bond acceptors (Lipinski definition) is 5. The lowest BCUT2D eigenvalue weighted by atomic mass is 10.1. The molecule has 17 heavy (non-hydrogen) atoms. The van der Waals surface area contributed by atoms with E-state index in [1.165, 1.54) is 19.2 Å². The smallest absolute Gasteiger partial charge is 0.387 e. The Kier molecular flexibility index (Phi) is 4.08. The molecule has 4 N–H and O–H groups in total. The predicted octanol–water partition coefficient (Wildman–Crippen LogP) is 1.17. The third kappa shape index (κ3) is 3.20. The summed E-state index contributed by atoms with van der Waals surface area (Å²) in [5, 5.41) is 0. The largest absolute Gasteiger partial charge is 0.469 e. The zero-order chi connectivity index (χ0) is 13.0. The fourth-order valence-corrected chi connectivity index (χ4v) is 1.26. The number of carbonyl (C=O) groups excluding carboxylic acids is 1. The van der Waals surface area contributed by atoms with E-state index in [4.69, 9.17) is 11.5 Å². The zero-order valence-corrected chi connectivity index (χ0v) is 9.07. The number of nitrogens with two attached hydrogens (primary N) is 2. The third-order valence-corrected chi connectivity index (χ3v) is 2.08. The summed E-state index contributed by atoms with van der Waals surface area (Å²) in [4.78, 5) is 11.1. The molecule has 94 valence electrons. The van der Waals surface area contributed by atoms with Gasteiger partial charge in [-0.05, 0) is 6.07 Å². The Balaban J connectivity index is 3.10. The highest BCUT2D eigenvalue weighted by molar-refractivity contribution is 5.79. The minimum atomic E-state index is -3.05. The lowest BCUT2D eigenvalue weighted by Gasteiger charge is -2.14. The van der Waals surface area contributed by atoms with E-state index in [1.807, 2.05) is 0 Å². The van der Waals surface area contributed by atoms with Crippen LogP contribution in [-0.4, -0.2) is 19.7 Å². The number of anilines is 2. The third-order valence-electron chi connectivity index (χ3n) is 2.08. The average molecular weight is 246 g/mol. The molecule has 7 heteroatoms. The van der Waals surface area contributed by atoms with Crippen LogP contribution in [0.1, 0.15) is 5.56 Å². The van der Waals surface area contributed by atoms with E-state index in [0.29, 0.717) is 0 Å². The summed E-state index contributed by atoms with van der Waals surface area (Å²) < 4.78 is 33.1. The van der Waals surface area contributed by atoms with Gasteiger partial charge in [-0.25, -0.2) is 0 Å². The van der Waals surface area contributed by atoms with Gasteiger partial charge in [-0.15, -0.1) is 0 Å². The highest BCUT2D eigenvalue weighted by atomic mass is 19.3. The molecule has 0 saturated heterocycles. The second-order valence-corrected chi connectivity index (χ2v) is 3.19. The van der Waals surface area contributed by atoms with Crippen molar-refractivity contribution >= 4 is 17.3 Å².